The number of nitrogens with one attached hydrogen (secondary N) is 3. The van der Waals surface area contributed by atoms with E-state index in [0.717, 1.165) is 26.0 Å². The molecule has 1 aliphatic rings. The van der Waals surface area contributed by atoms with Crippen LogP contribution in [-0.2, 0) is 4.74 Å². The summed E-state index contributed by atoms with van der Waals surface area (Å²) in [6.45, 7) is 2.70. The number of nitrogens with zero attached hydrogens (tertiary/aromatic N) is 2. The van der Waals surface area contributed by atoms with Gasteiger partial charge in [-0.1, -0.05) is 0 Å². The summed E-state index contributed by atoms with van der Waals surface area (Å²) in [5.41, 5.74) is 0.559. The van der Waals surface area contributed by atoms with Crippen LogP contribution in [0, 0.1) is 0 Å². The molecule has 7 nitrogen and oxygen atoms in total. The van der Waals surface area contributed by atoms with Gasteiger partial charge in [-0.25, -0.2) is 0 Å². The molecule has 0 spiro atoms. The first-order chi connectivity index (χ1) is 10.8. The summed E-state index contributed by atoms with van der Waals surface area (Å²) in [4.78, 5) is 19.9. The number of carbonyl (C=O) groups is 1. The van der Waals surface area contributed by atoms with Gasteiger partial charge in [-0.3, -0.25) is 14.8 Å². The van der Waals surface area contributed by atoms with Crippen LogP contribution in [0.2, 0.25) is 0 Å². The predicted molar refractivity (Wildman–Crippen MR) is 84.9 cm³/mol. The third-order valence-corrected chi connectivity index (χ3v) is 3.37. The molecule has 22 heavy (non-hydrogen) atoms. The number of aliphatic imine (C=N–C) groups is 1. The van der Waals surface area contributed by atoms with Gasteiger partial charge in [-0.2, -0.15) is 0 Å². The maximum atomic E-state index is 11.8. The molecule has 120 valence electrons. The minimum absolute atomic E-state index is 0.128. The van der Waals surface area contributed by atoms with Crippen molar-refractivity contribution in [2.45, 2.75) is 18.9 Å². The van der Waals surface area contributed by atoms with Crippen LogP contribution in [0.3, 0.4) is 0 Å². The maximum Gasteiger partial charge on any atom is 0.252 e. The molecule has 1 aromatic rings. The second-order valence-corrected chi connectivity index (χ2v) is 5.01. The summed E-state index contributed by atoms with van der Waals surface area (Å²) in [6, 6.07) is 3.47. The molecule has 1 amide bonds. The topological polar surface area (TPSA) is 87.6 Å². The normalized spacial score (nSPS) is 18.0. The van der Waals surface area contributed by atoms with Crippen molar-refractivity contribution in [1.82, 2.24) is 20.9 Å². The molecule has 7 heteroatoms. The van der Waals surface area contributed by atoms with Gasteiger partial charge in [0, 0.05) is 45.7 Å². The first-order valence-corrected chi connectivity index (χ1v) is 7.54. The van der Waals surface area contributed by atoms with E-state index in [1.807, 2.05) is 0 Å². The van der Waals surface area contributed by atoms with Crippen LogP contribution in [0.4, 0.5) is 0 Å². The van der Waals surface area contributed by atoms with E-state index in [1.165, 1.54) is 0 Å². The van der Waals surface area contributed by atoms with Crippen molar-refractivity contribution in [3.8, 4) is 0 Å². The lowest BCUT2D eigenvalue weighted by molar-refractivity contribution is 0.0954. The standard InChI is InChI=1S/C15H23N5O2/c1-16-15(20-11-13-5-3-9-22-13)19-8-7-18-14(21)12-4-2-6-17-10-12/h2,4,6,10,13H,3,5,7-9,11H2,1H3,(H,18,21)(H2,16,19,20). The molecule has 2 heterocycles. The van der Waals surface area contributed by atoms with Crippen LogP contribution in [-0.4, -0.2) is 56.2 Å². The van der Waals surface area contributed by atoms with Gasteiger partial charge in [0.05, 0.1) is 11.7 Å². The van der Waals surface area contributed by atoms with Gasteiger partial charge in [-0.05, 0) is 25.0 Å². The van der Waals surface area contributed by atoms with Gasteiger partial charge >= 0.3 is 0 Å². The second kappa shape index (κ2) is 8.99. The molecular formula is C15H23N5O2. The lowest BCUT2D eigenvalue weighted by Gasteiger charge is -2.15. The minimum Gasteiger partial charge on any atom is -0.376 e. The lowest BCUT2D eigenvalue weighted by Crippen LogP contribution is -2.43. The van der Waals surface area contributed by atoms with Crippen molar-refractivity contribution in [2.24, 2.45) is 4.99 Å². The van der Waals surface area contributed by atoms with Gasteiger partial charge < -0.3 is 20.7 Å². The molecule has 1 unspecified atom stereocenters. The van der Waals surface area contributed by atoms with Crippen LogP contribution in [0.5, 0.6) is 0 Å². The van der Waals surface area contributed by atoms with E-state index in [9.17, 15) is 4.79 Å². The number of guanidine groups is 1. The molecule has 1 saturated heterocycles. The van der Waals surface area contributed by atoms with Crippen molar-refractivity contribution >= 4 is 11.9 Å². The number of hydrogen-bond acceptors (Lipinski definition) is 4. The van der Waals surface area contributed by atoms with E-state index in [0.29, 0.717) is 24.6 Å². The smallest absolute Gasteiger partial charge is 0.252 e. The van der Waals surface area contributed by atoms with Crippen LogP contribution >= 0.6 is 0 Å². The van der Waals surface area contributed by atoms with Gasteiger partial charge in [0.1, 0.15) is 0 Å². The maximum absolute atomic E-state index is 11.8. The molecule has 2 rings (SSSR count). The minimum atomic E-state index is -0.128. The van der Waals surface area contributed by atoms with Crippen LogP contribution in [0.15, 0.2) is 29.5 Å². The number of carbonyl (C=O) groups excluding carboxylic acids is 1. The fourth-order valence-electron chi connectivity index (χ4n) is 2.19. The van der Waals surface area contributed by atoms with E-state index in [4.69, 9.17) is 4.74 Å². The molecule has 1 atom stereocenters. The highest BCUT2D eigenvalue weighted by atomic mass is 16.5. The summed E-state index contributed by atoms with van der Waals surface area (Å²) >= 11 is 0. The molecule has 3 N–H and O–H groups in total. The SMILES string of the molecule is CN=C(NCCNC(=O)c1cccnc1)NCC1CCCO1. The Bertz CT molecular complexity index is 486. The molecule has 0 aromatic carbocycles. The highest BCUT2D eigenvalue weighted by Crippen LogP contribution is 2.10. The fourth-order valence-corrected chi connectivity index (χ4v) is 2.19. The Morgan fingerprint density at radius 3 is 2.95 bits per heavy atom. The van der Waals surface area contributed by atoms with Crippen molar-refractivity contribution in [3.05, 3.63) is 30.1 Å². The Morgan fingerprint density at radius 1 is 1.41 bits per heavy atom. The Hall–Kier alpha value is -2.15. The number of amides is 1. The third kappa shape index (κ3) is 5.33. The van der Waals surface area contributed by atoms with Gasteiger partial charge in [0.2, 0.25) is 0 Å². The molecule has 0 radical (unpaired) electrons. The average Bonchev–Trinajstić information content (AvgIpc) is 3.08. The highest BCUT2D eigenvalue weighted by Gasteiger charge is 2.15. The summed E-state index contributed by atoms with van der Waals surface area (Å²) < 4.78 is 5.55. The van der Waals surface area contributed by atoms with E-state index < -0.39 is 0 Å². The van der Waals surface area contributed by atoms with E-state index in [2.05, 4.69) is 25.9 Å². The quantitative estimate of drug-likeness (QED) is 0.396. The largest absolute Gasteiger partial charge is 0.376 e. The Balaban J connectivity index is 1.61. The first kappa shape index (κ1) is 16.2. The highest BCUT2D eigenvalue weighted by molar-refractivity contribution is 5.93. The van der Waals surface area contributed by atoms with Gasteiger partial charge in [-0.15, -0.1) is 0 Å². The molecular weight excluding hydrogens is 282 g/mol. The van der Waals surface area contributed by atoms with Crippen molar-refractivity contribution in [1.29, 1.82) is 0 Å². The van der Waals surface area contributed by atoms with Gasteiger partial charge in [0.25, 0.3) is 5.91 Å². The molecule has 0 aliphatic carbocycles. The van der Waals surface area contributed by atoms with E-state index in [-0.39, 0.29) is 12.0 Å². The van der Waals surface area contributed by atoms with Gasteiger partial charge in [0.15, 0.2) is 5.96 Å². The molecule has 1 aliphatic heterocycles. The van der Waals surface area contributed by atoms with Crippen LogP contribution in [0.1, 0.15) is 23.2 Å². The Labute approximate surface area is 130 Å². The number of rotatable bonds is 6. The van der Waals surface area contributed by atoms with Crippen molar-refractivity contribution < 1.29 is 9.53 Å². The molecule has 1 aromatic heterocycles. The second-order valence-electron chi connectivity index (χ2n) is 5.01. The van der Waals surface area contributed by atoms with Crippen molar-refractivity contribution in [2.75, 3.05) is 33.3 Å². The van der Waals surface area contributed by atoms with Crippen LogP contribution in [0.25, 0.3) is 0 Å². The van der Waals surface area contributed by atoms with Crippen LogP contribution < -0.4 is 16.0 Å². The fraction of sp³-hybridized carbons (Fsp3) is 0.533. The molecule has 0 saturated carbocycles. The number of ether oxygens (including phenoxy) is 1. The number of aromatic nitrogens is 1. The van der Waals surface area contributed by atoms with E-state index in [1.54, 1.807) is 31.6 Å². The lowest BCUT2D eigenvalue weighted by atomic mass is 10.2. The Morgan fingerprint density at radius 2 is 2.27 bits per heavy atom. The van der Waals surface area contributed by atoms with Crippen molar-refractivity contribution in [3.63, 3.8) is 0 Å². The monoisotopic (exact) mass is 305 g/mol. The summed E-state index contributed by atoms with van der Waals surface area (Å²) in [5.74, 6) is 0.586. The first-order valence-electron chi connectivity index (χ1n) is 7.54. The molecule has 1 fully saturated rings. The zero-order chi connectivity index (χ0) is 15.6. The zero-order valence-corrected chi connectivity index (χ0v) is 12.8. The molecule has 0 bridgehead atoms. The summed E-state index contributed by atoms with van der Waals surface area (Å²) in [5, 5.41) is 9.20. The zero-order valence-electron chi connectivity index (χ0n) is 12.8. The third-order valence-electron chi connectivity index (χ3n) is 3.37. The predicted octanol–water partition coefficient (Wildman–Crippen LogP) is 0.155. The Kier molecular flexibility index (Phi) is 6.63. The summed E-state index contributed by atoms with van der Waals surface area (Å²) in [7, 11) is 1.72. The van der Waals surface area contributed by atoms with E-state index >= 15 is 0 Å². The average molecular weight is 305 g/mol. The number of hydrogen-bond donors (Lipinski definition) is 3. The summed E-state index contributed by atoms with van der Waals surface area (Å²) in [6.07, 6.45) is 5.67. The number of pyridine rings is 1.